The molecule has 0 saturated heterocycles. The first-order valence-electron chi connectivity index (χ1n) is 13.7. The van der Waals surface area contributed by atoms with Crippen LogP contribution in [0.3, 0.4) is 0 Å². The van der Waals surface area contributed by atoms with Gasteiger partial charge in [-0.15, -0.1) is 0 Å². The van der Waals surface area contributed by atoms with E-state index in [2.05, 4.69) is 23.6 Å². The Bertz CT molecular complexity index is 1340. The molecule has 0 aliphatic heterocycles. The van der Waals surface area contributed by atoms with E-state index in [9.17, 15) is 27.1 Å². The molecule has 0 aliphatic rings. The second-order valence-electron chi connectivity index (χ2n) is 9.98. The zero-order valence-electron chi connectivity index (χ0n) is 23.0. The van der Waals surface area contributed by atoms with E-state index in [0.717, 1.165) is 43.0 Å². The number of hydrogen-bond donors (Lipinski definition) is 3. The number of aryl methyl sites for hydroxylation is 1. The van der Waals surface area contributed by atoms with E-state index in [1.165, 1.54) is 29.8 Å². The molecule has 9 heteroatoms. The number of carbonyl (C=O) groups excluding carboxylic acids is 1. The molecule has 3 N–H and O–H groups in total. The minimum Gasteiger partial charge on any atom is -0.390 e. The fourth-order valence-electron chi connectivity index (χ4n) is 4.46. The lowest BCUT2D eigenvalue weighted by atomic mass is 10.00. The number of unbranched alkanes of at least 4 members (excludes halogenated alkanes) is 2. The largest absolute Gasteiger partial charge is 0.390 e. The molecule has 3 aromatic rings. The van der Waals surface area contributed by atoms with Gasteiger partial charge in [0.2, 0.25) is 0 Å². The highest BCUT2D eigenvalue weighted by Gasteiger charge is 2.23. The summed E-state index contributed by atoms with van der Waals surface area (Å²) < 4.78 is 52.8. The van der Waals surface area contributed by atoms with Gasteiger partial charge < -0.3 is 15.7 Å². The van der Waals surface area contributed by atoms with Gasteiger partial charge in [-0.2, -0.15) is 0 Å². The van der Waals surface area contributed by atoms with Crippen LogP contribution in [0, 0.1) is 11.6 Å². The van der Waals surface area contributed by atoms with Gasteiger partial charge in [0.25, 0.3) is 5.91 Å². The third-order valence-electron chi connectivity index (χ3n) is 6.73. The van der Waals surface area contributed by atoms with E-state index in [4.69, 9.17) is 0 Å². The highest BCUT2D eigenvalue weighted by molar-refractivity contribution is 7.91. The number of aliphatic hydroxyl groups excluding tert-OH is 1. The van der Waals surface area contributed by atoms with Crippen LogP contribution in [0.4, 0.5) is 8.78 Å². The van der Waals surface area contributed by atoms with E-state index in [1.807, 2.05) is 25.1 Å². The van der Waals surface area contributed by atoms with Crippen molar-refractivity contribution in [2.75, 3.05) is 12.3 Å². The van der Waals surface area contributed by atoms with E-state index < -0.39 is 39.5 Å². The molecule has 1 amide bonds. The summed E-state index contributed by atoms with van der Waals surface area (Å²) in [7, 11) is -3.45. The molecule has 2 atom stereocenters. The normalized spacial score (nSPS) is 13.1. The Morgan fingerprint density at radius 1 is 0.900 bits per heavy atom. The van der Waals surface area contributed by atoms with Gasteiger partial charge in [0, 0.05) is 24.7 Å². The Labute approximate surface area is 235 Å². The first-order valence-corrected chi connectivity index (χ1v) is 15.3. The minimum absolute atomic E-state index is 0.0154. The maximum Gasteiger partial charge on any atom is 0.251 e. The van der Waals surface area contributed by atoms with Gasteiger partial charge >= 0.3 is 0 Å². The van der Waals surface area contributed by atoms with Crippen molar-refractivity contribution in [2.45, 2.75) is 69.5 Å². The number of nitrogens with one attached hydrogen (secondary N) is 2. The van der Waals surface area contributed by atoms with Crippen molar-refractivity contribution < 1.29 is 27.1 Å². The fourth-order valence-corrected chi connectivity index (χ4v) is 5.83. The first-order chi connectivity index (χ1) is 19.1. The maximum absolute atomic E-state index is 13.8. The Balaban J connectivity index is 1.71. The van der Waals surface area contributed by atoms with Crippen molar-refractivity contribution in [3.63, 3.8) is 0 Å². The molecule has 6 nitrogen and oxygen atoms in total. The van der Waals surface area contributed by atoms with Crippen molar-refractivity contribution >= 4 is 15.7 Å². The Hall–Kier alpha value is -3.14. The standard InChI is InChI=1S/C31H38F2N2O4S/c1-3-5-6-14-40(38,39)28-12-10-25(11-13-28)31(37)35-29(18-24-16-26(32)19-27(33)17-24)30(36)21-34-20-23-9-7-8-22(4-2)15-23/h7-13,15-17,19,29-30,34,36H,3-6,14,18,20-21H2,1-2H3,(H,35,37)/t29-,30-/m0/s1. The highest BCUT2D eigenvalue weighted by atomic mass is 32.2. The predicted octanol–water partition coefficient (Wildman–Crippen LogP) is 4.98. The monoisotopic (exact) mass is 572 g/mol. The van der Waals surface area contributed by atoms with Crippen LogP contribution >= 0.6 is 0 Å². The lowest BCUT2D eigenvalue weighted by Gasteiger charge is -2.25. The Morgan fingerprint density at radius 3 is 2.23 bits per heavy atom. The molecule has 0 heterocycles. The van der Waals surface area contributed by atoms with Crippen molar-refractivity contribution in [1.82, 2.24) is 10.6 Å². The summed E-state index contributed by atoms with van der Waals surface area (Å²) in [6, 6.07) is 15.9. The summed E-state index contributed by atoms with van der Waals surface area (Å²) in [5, 5.41) is 16.9. The fraction of sp³-hybridized carbons (Fsp3) is 0.387. The van der Waals surface area contributed by atoms with Gasteiger partial charge in [0.15, 0.2) is 9.84 Å². The van der Waals surface area contributed by atoms with Crippen LogP contribution in [-0.4, -0.2) is 43.9 Å². The number of rotatable bonds is 15. The van der Waals surface area contributed by atoms with E-state index in [0.29, 0.717) is 13.0 Å². The SMILES string of the molecule is CCCCCS(=O)(=O)c1ccc(C(=O)N[C@@H](Cc2cc(F)cc(F)c2)[C@@H](O)CNCc2cccc(CC)c2)cc1. The zero-order chi connectivity index (χ0) is 29.1. The van der Waals surface area contributed by atoms with Gasteiger partial charge in [-0.05, 0) is 72.4 Å². The zero-order valence-corrected chi connectivity index (χ0v) is 23.8. The maximum atomic E-state index is 13.8. The molecule has 0 radical (unpaired) electrons. The number of benzene rings is 3. The van der Waals surface area contributed by atoms with E-state index in [1.54, 1.807) is 0 Å². The van der Waals surface area contributed by atoms with Crippen LogP contribution in [0.5, 0.6) is 0 Å². The molecular weight excluding hydrogens is 534 g/mol. The molecule has 0 bridgehead atoms. The molecule has 0 fully saturated rings. The topological polar surface area (TPSA) is 95.5 Å². The molecule has 0 unspecified atom stereocenters. The number of sulfone groups is 1. The smallest absolute Gasteiger partial charge is 0.251 e. The van der Waals surface area contributed by atoms with Gasteiger partial charge in [-0.25, -0.2) is 17.2 Å². The number of amides is 1. The summed E-state index contributed by atoms with van der Waals surface area (Å²) in [5.74, 6) is -1.99. The average Bonchev–Trinajstić information content (AvgIpc) is 2.92. The van der Waals surface area contributed by atoms with Gasteiger partial charge in [-0.1, -0.05) is 51.0 Å². The molecule has 0 saturated carbocycles. The quantitative estimate of drug-likeness (QED) is 0.223. The lowest BCUT2D eigenvalue weighted by molar-refractivity contribution is 0.0829. The van der Waals surface area contributed by atoms with Crippen LogP contribution < -0.4 is 10.6 Å². The number of halogens is 2. The molecular formula is C31H38F2N2O4S. The molecule has 0 aromatic heterocycles. The predicted molar refractivity (Wildman–Crippen MR) is 153 cm³/mol. The van der Waals surface area contributed by atoms with Crippen molar-refractivity contribution in [3.05, 3.63) is 101 Å². The van der Waals surface area contributed by atoms with Crippen LogP contribution in [0.15, 0.2) is 71.6 Å². The summed E-state index contributed by atoms with van der Waals surface area (Å²) in [6.07, 6.45) is 2.10. The first kappa shape index (κ1) is 31.4. The third-order valence-corrected chi connectivity index (χ3v) is 8.55. The summed E-state index contributed by atoms with van der Waals surface area (Å²) in [6.45, 7) is 4.68. The second-order valence-corrected chi connectivity index (χ2v) is 12.1. The average molecular weight is 573 g/mol. The van der Waals surface area contributed by atoms with Crippen LogP contribution in [0.2, 0.25) is 0 Å². The molecule has 3 rings (SSSR count). The number of carbonyl (C=O) groups is 1. The summed E-state index contributed by atoms with van der Waals surface area (Å²) in [5.41, 5.74) is 2.73. The second kappa shape index (κ2) is 15.0. The van der Waals surface area contributed by atoms with Gasteiger partial charge in [-0.3, -0.25) is 4.79 Å². The van der Waals surface area contributed by atoms with Crippen LogP contribution in [0.1, 0.15) is 60.2 Å². The molecule has 0 aliphatic carbocycles. The van der Waals surface area contributed by atoms with Crippen LogP contribution in [0.25, 0.3) is 0 Å². The van der Waals surface area contributed by atoms with Crippen LogP contribution in [-0.2, 0) is 29.2 Å². The molecule has 40 heavy (non-hydrogen) atoms. The third kappa shape index (κ3) is 9.50. The Kier molecular flexibility index (Phi) is 11.8. The minimum atomic E-state index is -3.45. The van der Waals surface area contributed by atoms with Gasteiger partial charge in [0.05, 0.1) is 22.8 Å². The molecule has 0 spiro atoms. The summed E-state index contributed by atoms with van der Waals surface area (Å²) >= 11 is 0. The van der Waals surface area contributed by atoms with E-state index >= 15 is 0 Å². The summed E-state index contributed by atoms with van der Waals surface area (Å²) in [4.78, 5) is 13.2. The Morgan fingerprint density at radius 2 is 1.57 bits per heavy atom. The highest BCUT2D eigenvalue weighted by Crippen LogP contribution is 2.16. The van der Waals surface area contributed by atoms with Gasteiger partial charge in [0.1, 0.15) is 11.6 Å². The van der Waals surface area contributed by atoms with Crippen molar-refractivity contribution in [1.29, 1.82) is 0 Å². The van der Waals surface area contributed by atoms with E-state index in [-0.39, 0.29) is 34.7 Å². The number of aliphatic hydroxyl groups is 1. The van der Waals surface area contributed by atoms with Crippen molar-refractivity contribution in [3.8, 4) is 0 Å². The molecule has 3 aromatic carbocycles. The van der Waals surface area contributed by atoms with Crippen molar-refractivity contribution in [2.24, 2.45) is 0 Å². The number of hydrogen-bond acceptors (Lipinski definition) is 5. The molecule has 216 valence electrons. The lowest BCUT2D eigenvalue weighted by Crippen LogP contribution is -2.48.